The number of anilines is 1. The number of amides is 1. The highest BCUT2D eigenvalue weighted by molar-refractivity contribution is 5.84. The van der Waals surface area contributed by atoms with Crippen LogP contribution >= 0.6 is 0 Å². The number of methoxy groups -OCH3 is 1. The van der Waals surface area contributed by atoms with Crippen molar-refractivity contribution in [3.8, 4) is 17.2 Å². The molecule has 0 N–H and O–H groups in total. The smallest absolute Gasteiger partial charge is 0.227 e. The Morgan fingerprint density at radius 1 is 0.943 bits per heavy atom. The van der Waals surface area contributed by atoms with Crippen LogP contribution in [0.5, 0.6) is 11.5 Å². The molecule has 0 bridgehead atoms. The van der Waals surface area contributed by atoms with Crippen LogP contribution in [0.2, 0.25) is 0 Å². The third-order valence-electron chi connectivity index (χ3n) is 6.06. The van der Waals surface area contributed by atoms with Crippen LogP contribution in [0.1, 0.15) is 12.5 Å². The average Bonchev–Trinajstić information content (AvgIpc) is 3.34. The number of hydrogen-bond donors (Lipinski definition) is 0. The zero-order valence-corrected chi connectivity index (χ0v) is 19.8. The van der Waals surface area contributed by atoms with Crippen LogP contribution in [0, 0.1) is 0 Å². The van der Waals surface area contributed by atoms with Crippen molar-refractivity contribution in [2.24, 2.45) is 0 Å². The van der Waals surface area contributed by atoms with E-state index in [1.165, 1.54) is 6.33 Å². The highest BCUT2D eigenvalue weighted by atomic mass is 16.5. The lowest BCUT2D eigenvalue weighted by Gasteiger charge is -2.35. The number of piperazine rings is 1. The lowest BCUT2D eigenvalue weighted by atomic mass is 10.1. The molecule has 10 nitrogen and oxygen atoms in total. The van der Waals surface area contributed by atoms with Gasteiger partial charge in [0, 0.05) is 26.2 Å². The van der Waals surface area contributed by atoms with Crippen LogP contribution in [0.3, 0.4) is 0 Å². The quantitative estimate of drug-likeness (QED) is 0.404. The van der Waals surface area contributed by atoms with Gasteiger partial charge in [-0.05, 0) is 48.9 Å². The summed E-state index contributed by atoms with van der Waals surface area (Å²) in [5, 5.41) is 8.67. The van der Waals surface area contributed by atoms with Crippen LogP contribution in [0.25, 0.3) is 16.9 Å². The summed E-state index contributed by atoms with van der Waals surface area (Å²) in [7, 11) is 1.63. The Morgan fingerprint density at radius 2 is 1.66 bits per heavy atom. The molecule has 180 valence electrons. The topological polar surface area (TPSA) is 98.5 Å². The van der Waals surface area contributed by atoms with Crippen molar-refractivity contribution in [3.63, 3.8) is 0 Å². The highest BCUT2D eigenvalue weighted by Gasteiger charge is 2.25. The zero-order valence-electron chi connectivity index (χ0n) is 19.8. The van der Waals surface area contributed by atoms with Crippen molar-refractivity contribution in [1.29, 1.82) is 0 Å². The summed E-state index contributed by atoms with van der Waals surface area (Å²) in [6.07, 6.45) is 1.91. The molecule has 0 unspecified atom stereocenters. The van der Waals surface area contributed by atoms with Crippen molar-refractivity contribution in [2.45, 2.75) is 13.3 Å². The molecule has 3 heterocycles. The first-order valence-electron chi connectivity index (χ1n) is 11.6. The van der Waals surface area contributed by atoms with Gasteiger partial charge < -0.3 is 19.3 Å². The van der Waals surface area contributed by atoms with Crippen molar-refractivity contribution in [3.05, 3.63) is 60.4 Å². The summed E-state index contributed by atoms with van der Waals surface area (Å²) in [6, 6.07) is 15.3. The number of carbonyl (C=O) groups excluding carboxylic acids is 1. The van der Waals surface area contributed by atoms with E-state index in [0.29, 0.717) is 50.4 Å². The third-order valence-corrected chi connectivity index (χ3v) is 6.06. The van der Waals surface area contributed by atoms with E-state index in [9.17, 15) is 4.79 Å². The summed E-state index contributed by atoms with van der Waals surface area (Å²) in [5.74, 6) is 2.43. The maximum atomic E-state index is 12.9. The summed E-state index contributed by atoms with van der Waals surface area (Å²) < 4.78 is 12.4. The normalized spacial score (nSPS) is 13.8. The molecule has 1 aliphatic rings. The fourth-order valence-corrected chi connectivity index (χ4v) is 4.19. The predicted molar refractivity (Wildman–Crippen MR) is 131 cm³/mol. The molecule has 1 aliphatic heterocycles. The molecular formula is C25H27N7O3. The van der Waals surface area contributed by atoms with Crippen LogP contribution in [-0.4, -0.2) is 75.7 Å². The number of ether oxygens (including phenoxy) is 2. The number of nitrogens with zero attached hydrogens (tertiary/aromatic N) is 7. The Labute approximate surface area is 203 Å². The molecule has 1 amide bonds. The molecule has 35 heavy (non-hydrogen) atoms. The van der Waals surface area contributed by atoms with E-state index in [4.69, 9.17) is 9.47 Å². The Balaban J connectivity index is 1.26. The Kier molecular flexibility index (Phi) is 6.42. The van der Waals surface area contributed by atoms with Gasteiger partial charge in [0.1, 0.15) is 17.8 Å². The molecule has 0 atom stereocenters. The van der Waals surface area contributed by atoms with Gasteiger partial charge >= 0.3 is 0 Å². The van der Waals surface area contributed by atoms with Crippen LogP contribution < -0.4 is 14.4 Å². The fraction of sp³-hybridized carbons (Fsp3) is 0.320. The molecule has 2 aromatic carbocycles. The van der Waals surface area contributed by atoms with Gasteiger partial charge in [-0.3, -0.25) is 4.79 Å². The summed E-state index contributed by atoms with van der Waals surface area (Å²) in [4.78, 5) is 25.8. The van der Waals surface area contributed by atoms with Gasteiger partial charge in [-0.2, -0.15) is 4.68 Å². The summed E-state index contributed by atoms with van der Waals surface area (Å²) in [5.41, 5.74) is 3.09. The fourth-order valence-electron chi connectivity index (χ4n) is 4.19. The number of fused-ring (bicyclic) bond motifs is 1. The Hall–Kier alpha value is -4.21. The van der Waals surface area contributed by atoms with Crippen molar-refractivity contribution >= 4 is 22.9 Å². The van der Waals surface area contributed by atoms with E-state index in [0.717, 1.165) is 28.6 Å². The standard InChI is InChI=1S/C25H27N7O3/c1-3-35-21-8-4-18(5-9-21)16-22(33)30-12-14-31(15-13-30)24-23-25(27-17-26-24)32(29-28-23)19-6-10-20(34-2)11-7-19/h4-11,17H,3,12-16H2,1-2H3. The number of aromatic nitrogens is 5. The second kappa shape index (κ2) is 9.96. The number of rotatable bonds is 7. The SMILES string of the molecule is CCOc1ccc(CC(=O)N2CCN(c3ncnc4c3nnn4-c3ccc(OC)cc3)CC2)cc1. The molecule has 4 aromatic rings. The second-order valence-electron chi connectivity index (χ2n) is 8.19. The van der Waals surface area contributed by atoms with E-state index in [1.807, 2.05) is 60.4 Å². The minimum Gasteiger partial charge on any atom is -0.497 e. The van der Waals surface area contributed by atoms with Gasteiger partial charge in [0.2, 0.25) is 5.91 Å². The maximum Gasteiger partial charge on any atom is 0.227 e. The van der Waals surface area contributed by atoms with E-state index in [2.05, 4.69) is 25.2 Å². The molecule has 0 spiro atoms. The average molecular weight is 474 g/mol. The van der Waals surface area contributed by atoms with Gasteiger partial charge in [-0.1, -0.05) is 17.3 Å². The van der Waals surface area contributed by atoms with Gasteiger partial charge in [-0.25, -0.2) is 9.97 Å². The number of benzene rings is 2. The molecule has 5 rings (SSSR count). The molecular weight excluding hydrogens is 446 g/mol. The van der Waals surface area contributed by atoms with Crippen LogP contribution in [0.4, 0.5) is 5.82 Å². The first kappa shape index (κ1) is 22.6. The van der Waals surface area contributed by atoms with E-state index >= 15 is 0 Å². The molecule has 2 aromatic heterocycles. The first-order valence-corrected chi connectivity index (χ1v) is 11.6. The zero-order chi connectivity index (χ0) is 24.2. The van der Waals surface area contributed by atoms with Crippen LogP contribution in [0.15, 0.2) is 54.9 Å². The van der Waals surface area contributed by atoms with Crippen molar-refractivity contribution in [2.75, 3.05) is 44.8 Å². The molecule has 0 aliphatic carbocycles. The van der Waals surface area contributed by atoms with Crippen molar-refractivity contribution in [1.82, 2.24) is 29.9 Å². The largest absolute Gasteiger partial charge is 0.497 e. The van der Waals surface area contributed by atoms with Gasteiger partial charge in [0.15, 0.2) is 17.0 Å². The van der Waals surface area contributed by atoms with Gasteiger partial charge in [0.25, 0.3) is 0 Å². The minimum absolute atomic E-state index is 0.118. The van der Waals surface area contributed by atoms with E-state index < -0.39 is 0 Å². The lowest BCUT2D eigenvalue weighted by molar-refractivity contribution is -0.130. The minimum atomic E-state index is 0.118. The highest BCUT2D eigenvalue weighted by Crippen LogP contribution is 2.24. The Bertz CT molecular complexity index is 1300. The second-order valence-corrected chi connectivity index (χ2v) is 8.19. The first-order chi connectivity index (χ1) is 17.2. The monoisotopic (exact) mass is 473 g/mol. The number of hydrogen-bond acceptors (Lipinski definition) is 8. The molecule has 0 radical (unpaired) electrons. The molecule has 10 heteroatoms. The Morgan fingerprint density at radius 3 is 2.34 bits per heavy atom. The van der Waals surface area contributed by atoms with Gasteiger partial charge in [0.05, 0.1) is 25.8 Å². The maximum absolute atomic E-state index is 12.9. The predicted octanol–water partition coefficient (Wildman–Crippen LogP) is 2.51. The summed E-state index contributed by atoms with van der Waals surface area (Å²) >= 11 is 0. The summed E-state index contributed by atoms with van der Waals surface area (Å²) in [6.45, 7) is 5.14. The lowest BCUT2D eigenvalue weighted by Crippen LogP contribution is -2.49. The van der Waals surface area contributed by atoms with Gasteiger partial charge in [-0.15, -0.1) is 5.10 Å². The molecule has 1 fully saturated rings. The van der Waals surface area contributed by atoms with E-state index in [1.54, 1.807) is 11.8 Å². The molecule has 1 saturated heterocycles. The third kappa shape index (κ3) is 4.72. The van der Waals surface area contributed by atoms with E-state index in [-0.39, 0.29) is 5.91 Å². The van der Waals surface area contributed by atoms with Crippen molar-refractivity contribution < 1.29 is 14.3 Å². The number of carbonyl (C=O) groups is 1. The van der Waals surface area contributed by atoms with Crippen LogP contribution in [-0.2, 0) is 11.2 Å². The molecule has 0 saturated carbocycles.